The first kappa shape index (κ1) is 16.4. The summed E-state index contributed by atoms with van der Waals surface area (Å²) in [7, 11) is 0. The van der Waals surface area contributed by atoms with Crippen molar-refractivity contribution in [2.75, 3.05) is 10.6 Å². The zero-order valence-electron chi connectivity index (χ0n) is 13.7. The van der Waals surface area contributed by atoms with Gasteiger partial charge in [0.1, 0.15) is 11.2 Å². The van der Waals surface area contributed by atoms with Crippen LogP contribution in [0.15, 0.2) is 53.6 Å². The van der Waals surface area contributed by atoms with Gasteiger partial charge >= 0.3 is 0 Å². The van der Waals surface area contributed by atoms with Gasteiger partial charge in [0.25, 0.3) is 11.5 Å². The number of carbonyl (C=O) groups is 2. The first-order valence-electron chi connectivity index (χ1n) is 7.61. The van der Waals surface area contributed by atoms with Crippen LogP contribution < -0.4 is 16.2 Å². The van der Waals surface area contributed by atoms with Crippen LogP contribution in [0.5, 0.6) is 0 Å². The van der Waals surface area contributed by atoms with Gasteiger partial charge in [-0.15, -0.1) is 0 Å². The summed E-state index contributed by atoms with van der Waals surface area (Å²) in [5.41, 5.74) is 2.02. The summed E-state index contributed by atoms with van der Waals surface area (Å²) in [5.74, 6) is -0.719. The van der Waals surface area contributed by atoms with Crippen LogP contribution in [0.25, 0.3) is 5.65 Å². The van der Waals surface area contributed by atoms with Crippen molar-refractivity contribution in [1.29, 1.82) is 0 Å². The fraction of sp³-hybridized carbons (Fsp3) is 0.111. The molecule has 0 aliphatic carbocycles. The molecule has 2 heterocycles. The van der Waals surface area contributed by atoms with E-state index in [1.807, 2.05) is 13.0 Å². The van der Waals surface area contributed by atoms with Crippen LogP contribution in [0, 0.1) is 6.92 Å². The molecule has 1 aromatic carbocycles. The summed E-state index contributed by atoms with van der Waals surface area (Å²) >= 11 is 0. The average Bonchev–Trinajstić information content (AvgIpc) is 2.57. The molecule has 0 bridgehead atoms. The fourth-order valence-electron chi connectivity index (χ4n) is 2.38. The molecule has 0 aliphatic rings. The Labute approximate surface area is 143 Å². The van der Waals surface area contributed by atoms with E-state index in [0.29, 0.717) is 17.0 Å². The molecule has 3 aromatic rings. The highest BCUT2D eigenvalue weighted by Crippen LogP contribution is 2.14. The van der Waals surface area contributed by atoms with Crippen molar-refractivity contribution in [1.82, 2.24) is 9.38 Å². The number of nitrogens with one attached hydrogen (secondary N) is 2. The van der Waals surface area contributed by atoms with E-state index in [9.17, 15) is 14.4 Å². The quantitative estimate of drug-likeness (QED) is 0.767. The summed E-state index contributed by atoms with van der Waals surface area (Å²) in [4.78, 5) is 40.0. The second kappa shape index (κ2) is 6.56. The molecule has 7 nitrogen and oxygen atoms in total. The minimum atomic E-state index is -0.541. The topological polar surface area (TPSA) is 92.6 Å². The highest BCUT2D eigenvalue weighted by molar-refractivity contribution is 6.04. The smallest absolute Gasteiger partial charge is 0.270 e. The lowest BCUT2D eigenvalue weighted by Crippen LogP contribution is -2.26. The third-order valence-corrected chi connectivity index (χ3v) is 3.56. The Morgan fingerprint density at radius 1 is 1.00 bits per heavy atom. The lowest BCUT2D eigenvalue weighted by atomic mass is 10.2. The standard InChI is InChI=1S/C18H16N4O3/c1-11-3-8-16-19-9-15(18(25)22(16)10-11)17(24)21-14-6-4-13(5-7-14)20-12(2)23/h3-10H,1-2H3,(H,20,23)(H,21,24). The molecule has 3 rings (SSSR count). The van der Waals surface area contributed by atoms with Crippen molar-refractivity contribution < 1.29 is 9.59 Å². The van der Waals surface area contributed by atoms with Crippen LogP contribution in [-0.2, 0) is 4.79 Å². The minimum absolute atomic E-state index is 0.0472. The molecule has 2 amide bonds. The van der Waals surface area contributed by atoms with Gasteiger partial charge in [-0.2, -0.15) is 0 Å². The normalized spacial score (nSPS) is 10.5. The van der Waals surface area contributed by atoms with Gasteiger partial charge in [0.2, 0.25) is 5.91 Å². The largest absolute Gasteiger partial charge is 0.326 e. The molecule has 0 spiro atoms. The number of fused-ring (bicyclic) bond motifs is 1. The third kappa shape index (κ3) is 3.55. The molecule has 7 heteroatoms. The summed E-state index contributed by atoms with van der Waals surface area (Å²) in [6, 6.07) is 10.2. The maximum absolute atomic E-state index is 12.5. The Balaban J connectivity index is 1.86. The van der Waals surface area contributed by atoms with E-state index < -0.39 is 11.5 Å². The number of carbonyl (C=O) groups excluding carboxylic acids is 2. The highest BCUT2D eigenvalue weighted by Gasteiger charge is 2.13. The van der Waals surface area contributed by atoms with Gasteiger partial charge in [-0.1, -0.05) is 6.07 Å². The van der Waals surface area contributed by atoms with Crippen molar-refractivity contribution >= 4 is 28.8 Å². The van der Waals surface area contributed by atoms with E-state index in [2.05, 4.69) is 15.6 Å². The Morgan fingerprint density at radius 3 is 2.28 bits per heavy atom. The van der Waals surface area contributed by atoms with Crippen LogP contribution in [0.2, 0.25) is 0 Å². The number of amides is 2. The van der Waals surface area contributed by atoms with Gasteiger partial charge in [0.15, 0.2) is 0 Å². The highest BCUT2D eigenvalue weighted by atomic mass is 16.2. The van der Waals surface area contributed by atoms with E-state index in [4.69, 9.17) is 0 Å². The van der Waals surface area contributed by atoms with Gasteiger partial charge in [-0.25, -0.2) is 4.98 Å². The van der Waals surface area contributed by atoms with Crippen molar-refractivity contribution in [3.63, 3.8) is 0 Å². The SMILES string of the molecule is CC(=O)Nc1ccc(NC(=O)c2cnc3ccc(C)cn3c2=O)cc1. The number of aryl methyl sites for hydroxylation is 1. The van der Waals surface area contributed by atoms with Gasteiger partial charge < -0.3 is 10.6 Å². The van der Waals surface area contributed by atoms with Crippen molar-refractivity contribution in [3.05, 3.63) is 70.3 Å². The molecule has 25 heavy (non-hydrogen) atoms. The second-order valence-corrected chi connectivity index (χ2v) is 5.62. The van der Waals surface area contributed by atoms with E-state index in [1.165, 1.54) is 17.5 Å². The van der Waals surface area contributed by atoms with Crippen LogP contribution in [0.3, 0.4) is 0 Å². The van der Waals surface area contributed by atoms with E-state index in [-0.39, 0.29) is 11.5 Å². The van der Waals surface area contributed by atoms with E-state index in [0.717, 1.165) is 5.56 Å². The number of nitrogens with zero attached hydrogens (tertiary/aromatic N) is 2. The van der Waals surface area contributed by atoms with Crippen molar-refractivity contribution in [2.45, 2.75) is 13.8 Å². The molecular formula is C18H16N4O3. The number of pyridine rings is 1. The molecule has 0 saturated carbocycles. The molecule has 0 fully saturated rings. The number of anilines is 2. The first-order chi connectivity index (χ1) is 11.9. The Morgan fingerprint density at radius 2 is 1.64 bits per heavy atom. The average molecular weight is 336 g/mol. The van der Waals surface area contributed by atoms with Crippen molar-refractivity contribution in [3.8, 4) is 0 Å². The Hall–Kier alpha value is -3.48. The lowest BCUT2D eigenvalue weighted by Gasteiger charge is -2.08. The Kier molecular flexibility index (Phi) is 4.30. The Bertz CT molecular complexity index is 1020. The molecular weight excluding hydrogens is 320 g/mol. The van der Waals surface area contributed by atoms with Gasteiger partial charge in [0, 0.05) is 30.7 Å². The van der Waals surface area contributed by atoms with E-state index in [1.54, 1.807) is 36.5 Å². The number of benzene rings is 1. The number of aromatic nitrogens is 2. The molecule has 2 aromatic heterocycles. The van der Waals surface area contributed by atoms with Crippen LogP contribution in [-0.4, -0.2) is 21.2 Å². The van der Waals surface area contributed by atoms with Gasteiger partial charge in [-0.05, 0) is 42.8 Å². The first-order valence-corrected chi connectivity index (χ1v) is 7.61. The summed E-state index contributed by atoms with van der Waals surface area (Å²) in [6.07, 6.45) is 2.91. The fourth-order valence-corrected chi connectivity index (χ4v) is 2.38. The molecule has 0 saturated heterocycles. The predicted molar refractivity (Wildman–Crippen MR) is 94.9 cm³/mol. The third-order valence-electron chi connectivity index (χ3n) is 3.56. The number of hydrogen-bond acceptors (Lipinski definition) is 4. The van der Waals surface area contributed by atoms with Crippen LogP contribution in [0.1, 0.15) is 22.8 Å². The van der Waals surface area contributed by atoms with Crippen molar-refractivity contribution in [2.24, 2.45) is 0 Å². The second-order valence-electron chi connectivity index (χ2n) is 5.62. The molecule has 126 valence electrons. The number of rotatable bonds is 3. The van der Waals surface area contributed by atoms with Crippen LogP contribution >= 0.6 is 0 Å². The van der Waals surface area contributed by atoms with Crippen LogP contribution in [0.4, 0.5) is 11.4 Å². The predicted octanol–water partition coefficient (Wildman–Crippen LogP) is 2.21. The monoisotopic (exact) mass is 336 g/mol. The number of hydrogen-bond donors (Lipinski definition) is 2. The van der Waals surface area contributed by atoms with Gasteiger partial charge in [-0.3, -0.25) is 18.8 Å². The van der Waals surface area contributed by atoms with Gasteiger partial charge in [0.05, 0.1) is 0 Å². The molecule has 0 atom stereocenters. The summed E-state index contributed by atoms with van der Waals surface area (Å²) < 4.78 is 1.35. The minimum Gasteiger partial charge on any atom is -0.326 e. The summed E-state index contributed by atoms with van der Waals surface area (Å²) in [5, 5.41) is 5.29. The lowest BCUT2D eigenvalue weighted by molar-refractivity contribution is -0.114. The molecule has 0 unspecified atom stereocenters. The molecule has 0 radical (unpaired) electrons. The summed E-state index contributed by atoms with van der Waals surface area (Å²) in [6.45, 7) is 3.27. The van der Waals surface area contributed by atoms with E-state index >= 15 is 0 Å². The molecule has 2 N–H and O–H groups in total. The zero-order chi connectivity index (χ0) is 18.0. The maximum Gasteiger partial charge on any atom is 0.270 e. The zero-order valence-corrected chi connectivity index (χ0v) is 13.7. The molecule has 0 aliphatic heterocycles. The maximum atomic E-state index is 12.5.